The van der Waals surface area contributed by atoms with Crippen LogP contribution in [0.15, 0.2) is 18.2 Å². The lowest BCUT2D eigenvalue weighted by atomic mass is 9.81. The first-order chi connectivity index (χ1) is 14.9. The number of carbonyl (C=O) groups is 3. The second kappa shape index (κ2) is 8.99. The third-order valence-corrected chi connectivity index (χ3v) is 5.83. The first-order valence-corrected chi connectivity index (χ1v) is 10.6. The van der Waals surface area contributed by atoms with Crippen LogP contribution in [0.1, 0.15) is 52.0 Å². The van der Waals surface area contributed by atoms with Crippen molar-refractivity contribution >= 4 is 23.6 Å². The number of rotatable bonds is 5. The zero-order valence-electron chi connectivity index (χ0n) is 18.3. The van der Waals surface area contributed by atoms with Crippen molar-refractivity contribution in [2.75, 3.05) is 11.9 Å². The molecule has 3 amide bonds. The highest BCUT2D eigenvalue weighted by Gasteiger charge is 2.41. The Balaban J connectivity index is 1.76. The van der Waals surface area contributed by atoms with Crippen molar-refractivity contribution in [3.8, 4) is 0 Å². The van der Waals surface area contributed by atoms with Crippen LogP contribution in [0.4, 0.5) is 23.7 Å². The van der Waals surface area contributed by atoms with Crippen molar-refractivity contribution in [2.24, 2.45) is 5.92 Å². The summed E-state index contributed by atoms with van der Waals surface area (Å²) in [6.45, 7) is 5.53. The maximum atomic E-state index is 14.5. The first kappa shape index (κ1) is 23.9. The van der Waals surface area contributed by atoms with Gasteiger partial charge in [-0.25, -0.2) is 18.0 Å². The van der Waals surface area contributed by atoms with Crippen molar-refractivity contribution in [1.29, 1.82) is 0 Å². The van der Waals surface area contributed by atoms with Gasteiger partial charge in [-0.3, -0.25) is 9.59 Å². The third-order valence-electron chi connectivity index (χ3n) is 5.83. The highest BCUT2D eigenvalue weighted by Crippen LogP contribution is 2.38. The van der Waals surface area contributed by atoms with Gasteiger partial charge < -0.3 is 20.7 Å². The summed E-state index contributed by atoms with van der Waals surface area (Å²) in [6, 6.07) is 3.18. The zero-order chi connectivity index (χ0) is 23.7. The van der Waals surface area contributed by atoms with Gasteiger partial charge in [-0.1, -0.05) is 26.8 Å². The molecule has 1 aromatic rings. The standard InChI is InChI=1S/C22H28F3N3O4/c1-21(2,3)14-5-4-13(10-15(14)23)27-19(30)17(12-6-8-22(24,25)9-7-12)28-18(29)16-11-26-20(31)32-16/h4-5,10,12,16-17H,6-9,11H2,1-3H3,(H,26,31)(H,27,30)(H,28,29)/t16-,17+/m0/s1. The van der Waals surface area contributed by atoms with Gasteiger partial charge in [0.15, 0.2) is 6.10 Å². The Kier molecular flexibility index (Phi) is 6.71. The predicted octanol–water partition coefficient (Wildman–Crippen LogP) is 3.48. The Hall–Kier alpha value is -2.78. The molecule has 1 saturated carbocycles. The lowest BCUT2D eigenvalue weighted by molar-refractivity contribution is -0.133. The minimum Gasteiger partial charge on any atom is -0.434 e. The number of carbonyl (C=O) groups excluding carboxylic acids is 3. The van der Waals surface area contributed by atoms with Gasteiger partial charge in [0.2, 0.25) is 11.8 Å². The minimum atomic E-state index is -2.81. The molecule has 1 heterocycles. The van der Waals surface area contributed by atoms with E-state index in [0.29, 0.717) is 5.56 Å². The third kappa shape index (κ3) is 5.72. The van der Waals surface area contributed by atoms with E-state index in [4.69, 9.17) is 4.74 Å². The van der Waals surface area contributed by atoms with Gasteiger partial charge in [-0.2, -0.15) is 0 Å². The van der Waals surface area contributed by atoms with Crippen molar-refractivity contribution in [3.63, 3.8) is 0 Å². The van der Waals surface area contributed by atoms with Gasteiger partial charge in [-0.05, 0) is 41.9 Å². The second-order valence-electron chi connectivity index (χ2n) is 9.39. The molecule has 7 nitrogen and oxygen atoms in total. The van der Waals surface area contributed by atoms with E-state index in [0.717, 1.165) is 0 Å². The van der Waals surface area contributed by atoms with Gasteiger partial charge in [-0.15, -0.1) is 0 Å². The summed E-state index contributed by atoms with van der Waals surface area (Å²) in [4.78, 5) is 36.8. The van der Waals surface area contributed by atoms with Gasteiger partial charge in [0.1, 0.15) is 11.9 Å². The zero-order valence-corrected chi connectivity index (χ0v) is 18.3. The SMILES string of the molecule is CC(C)(C)c1ccc(NC(=O)[C@H](NC(=O)[C@@H]2CNC(=O)O2)C2CCC(F)(F)CC2)cc1F. The Bertz CT molecular complexity index is 891. The maximum absolute atomic E-state index is 14.5. The summed E-state index contributed by atoms with van der Waals surface area (Å²) in [5.74, 6) is -5.18. The van der Waals surface area contributed by atoms with Gasteiger partial charge >= 0.3 is 6.09 Å². The fraction of sp³-hybridized carbons (Fsp3) is 0.591. The largest absolute Gasteiger partial charge is 0.434 e. The predicted molar refractivity (Wildman–Crippen MR) is 111 cm³/mol. The van der Waals surface area contributed by atoms with Crippen LogP contribution < -0.4 is 16.0 Å². The number of nitrogens with one attached hydrogen (secondary N) is 3. The molecule has 1 saturated heterocycles. The van der Waals surface area contributed by atoms with Crippen molar-refractivity contribution < 1.29 is 32.3 Å². The monoisotopic (exact) mass is 455 g/mol. The summed E-state index contributed by atoms with van der Waals surface area (Å²) >= 11 is 0. The summed E-state index contributed by atoms with van der Waals surface area (Å²) < 4.78 is 46.6. The number of halogens is 3. The molecule has 176 valence electrons. The van der Waals surface area contributed by atoms with E-state index < -0.39 is 66.0 Å². The molecular weight excluding hydrogens is 427 g/mol. The van der Waals surface area contributed by atoms with E-state index in [1.165, 1.54) is 6.07 Å². The molecule has 10 heteroatoms. The van der Waals surface area contributed by atoms with Crippen LogP contribution in [-0.2, 0) is 19.7 Å². The lowest BCUT2D eigenvalue weighted by Crippen LogP contribution is -2.53. The molecule has 1 aliphatic carbocycles. The van der Waals surface area contributed by atoms with Crippen LogP contribution in [0.2, 0.25) is 0 Å². The van der Waals surface area contributed by atoms with Crippen molar-refractivity contribution in [2.45, 2.75) is 69.9 Å². The van der Waals surface area contributed by atoms with Gasteiger partial charge in [0, 0.05) is 18.5 Å². The summed E-state index contributed by atoms with van der Waals surface area (Å²) in [5.41, 5.74) is 0.240. The normalized spacial score (nSPS) is 21.9. The highest BCUT2D eigenvalue weighted by molar-refractivity contribution is 5.98. The number of anilines is 1. The van der Waals surface area contributed by atoms with Crippen molar-refractivity contribution in [3.05, 3.63) is 29.6 Å². The highest BCUT2D eigenvalue weighted by atomic mass is 19.3. The number of ether oxygens (including phenoxy) is 1. The second-order valence-corrected chi connectivity index (χ2v) is 9.39. The molecule has 0 aromatic heterocycles. The van der Waals surface area contributed by atoms with E-state index in [2.05, 4.69) is 16.0 Å². The average Bonchev–Trinajstić information content (AvgIpc) is 3.12. The Labute approximate surface area is 184 Å². The van der Waals surface area contributed by atoms with Gasteiger partial charge in [0.25, 0.3) is 5.91 Å². The Morgan fingerprint density at radius 2 is 1.88 bits per heavy atom. The van der Waals surface area contributed by atoms with E-state index in [9.17, 15) is 27.6 Å². The molecule has 2 fully saturated rings. The van der Waals surface area contributed by atoms with E-state index >= 15 is 0 Å². The van der Waals surface area contributed by atoms with Crippen LogP contribution in [0.3, 0.4) is 0 Å². The Morgan fingerprint density at radius 1 is 1.22 bits per heavy atom. The Morgan fingerprint density at radius 3 is 2.41 bits per heavy atom. The number of amides is 3. The minimum absolute atomic E-state index is 0.0331. The molecule has 0 unspecified atom stereocenters. The molecule has 0 spiro atoms. The van der Waals surface area contributed by atoms with Crippen LogP contribution in [0.5, 0.6) is 0 Å². The van der Waals surface area contributed by atoms with E-state index in [1.54, 1.807) is 12.1 Å². The molecule has 3 N–H and O–H groups in total. The number of alkyl carbamates (subject to hydrolysis) is 1. The number of hydrogen-bond acceptors (Lipinski definition) is 4. The number of alkyl halides is 2. The quantitative estimate of drug-likeness (QED) is 0.633. The molecule has 0 radical (unpaired) electrons. The van der Waals surface area contributed by atoms with Crippen LogP contribution >= 0.6 is 0 Å². The molecule has 2 atom stereocenters. The van der Waals surface area contributed by atoms with E-state index in [1.807, 2.05) is 20.8 Å². The lowest BCUT2D eigenvalue weighted by Gasteiger charge is -2.33. The number of cyclic esters (lactones) is 1. The number of hydrogen-bond donors (Lipinski definition) is 3. The summed E-state index contributed by atoms with van der Waals surface area (Å²) in [6.07, 6.45) is -2.60. The van der Waals surface area contributed by atoms with Gasteiger partial charge in [0.05, 0.1) is 6.54 Å². The van der Waals surface area contributed by atoms with Crippen LogP contribution in [0.25, 0.3) is 0 Å². The molecule has 1 aliphatic heterocycles. The maximum Gasteiger partial charge on any atom is 0.408 e. The van der Waals surface area contributed by atoms with Crippen molar-refractivity contribution in [1.82, 2.24) is 10.6 Å². The smallest absolute Gasteiger partial charge is 0.408 e. The number of benzene rings is 1. The molecule has 32 heavy (non-hydrogen) atoms. The van der Waals surface area contributed by atoms with Crippen LogP contribution in [0, 0.1) is 11.7 Å². The van der Waals surface area contributed by atoms with E-state index in [-0.39, 0.29) is 25.1 Å². The van der Waals surface area contributed by atoms with Crippen LogP contribution in [-0.4, -0.2) is 42.5 Å². The average molecular weight is 455 g/mol. The fourth-order valence-corrected chi connectivity index (χ4v) is 4.00. The molecule has 0 bridgehead atoms. The topological polar surface area (TPSA) is 96.5 Å². The molecule has 3 rings (SSSR count). The summed E-state index contributed by atoms with van der Waals surface area (Å²) in [7, 11) is 0. The summed E-state index contributed by atoms with van der Waals surface area (Å²) in [5, 5.41) is 7.46. The fourth-order valence-electron chi connectivity index (χ4n) is 4.00. The first-order valence-electron chi connectivity index (χ1n) is 10.6. The molecular formula is C22H28F3N3O4. The molecule has 1 aromatic carbocycles. The molecule has 2 aliphatic rings.